The van der Waals surface area contributed by atoms with E-state index in [1.165, 1.54) is 10.9 Å². The van der Waals surface area contributed by atoms with Crippen molar-refractivity contribution in [2.45, 2.75) is 42.7 Å². The van der Waals surface area contributed by atoms with Crippen LogP contribution in [-0.2, 0) is 48.9 Å². The van der Waals surface area contributed by atoms with E-state index in [-0.39, 0.29) is 56.2 Å². The molecule has 2 atom stereocenters. The molecule has 18 nitrogen and oxygen atoms in total. The standard InChI is InChI=1S/C31H40N8O10S2/c1-39(2,3)16-22(40)12-28(41)33-9-10-48-23-6-4-5-20(11-23)17-47-19-26(30(43)44)34-29(42)15-38-14-21(36-37-38)18-49-24-7-8-25-27(13-24)50-31(35-25)51(32,45)46/h4-8,11,13-14,22,26,40H,9-10,12,15-19H2,1-3H3,(H4-,32,33,34,41,42,43,44,45,46)/p+1/t22-,26?/m1/s1. The molecule has 20 heteroatoms. The third kappa shape index (κ3) is 13.2. The zero-order valence-corrected chi connectivity index (χ0v) is 29.9. The minimum Gasteiger partial charge on any atom is -0.492 e. The first-order valence-electron chi connectivity index (χ1n) is 15.6. The van der Waals surface area contributed by atoms with Crippen LogP contribution in [0.4, 0.5) is 0 Å². The van der Waals surface area contributed by atoms with Gasteiger partial charge in [0, 0.05) is 0 Å². The largest absolute Gasteiger partial charge is 0.492 e. The number of likely N-dealkylation sites (N-methyl/N-ethyl adjacent to an activating group) is 1. The number of rotatable bonds is 20. The lowest BCUT2D eigenvalue weighted by Crippen LogP contribution is -2.45. The molecule has 0 bridgehead atoms. The lowest BCUT2D eigenvalue weighted by Gasteiger charge is -2.26. The number of carbonyl (C=O) groups is 3. The number of primary sulfonamides is 1. The molecule has 4 aromatic rings. The average molecular weight is 750 g/mol. The maximum absolute atomic E-state index is 12.6. The summed E-state index contributed by atoms with van der Waals surface area (Å²) in [6.45, 7) is 0.321. The van der Waals surface area contributed by atoms with E-state index in [9.17, 15) is 33.0 Å². The van der Waals surface area contributed by atoms with E-state index in [0.717, 1.165) is 11.3 Å². The molecule has 0 radical (unpaired) electrons. The quantitative estimate of drug-likeness (QED) is 0.0584. The molecule has 0 fully saturated rings. The van der Waals surface area contributed by atoms with Gasteiger partial charge < -0.3 is 39.5 Å². The highest BCUT2D eigenvalue weighted by atomic mass is 32.2. The Balaban J connectivity index is 1.17. The second-order valence-electron chi connectivity index (χ2n) is 12.5. The van der Waals surface area contributed by atoms with Crippen LogP contribution in [0.2, 0.25) is 0 Å². The predicted octanol–water partition coefficient (Wildman–Crippen LogP) is -0.147. The molecule has 0 saturated carbocycles. The molecule has 6 N–H and O–H groups in total. The number of aliphatic hydroxyl groups excluding tert-OH is 1. The average Bonchev–Trinajstić information content (AvgIpc) is 3.67. The van der Waals surface area contributed by atoms with Crippen molar-refractivity contribution in [3.05, 3.63) is 59.9 Å². The summed E-state index contributed by atoms with van der Waals surface area (Å²) in [7, 11) is 1.87. The summed E-state index contributed by atoms with van der Waals surface area (Å²) in [4.78, 5) is 40.5. The minimum atomic E-state index is -3.93. The summed E-state index contributed by atoms with van der Waals surface area (Å²) in [5, 5.41) is 37.8. The van der Waals surface area contributed by atoms with E-state index >= 15 is 0 Å². The summed E-state index contributed by atoms with van der Waals surface area (Å²) in [6, 6.07) is 10.5. The molecule has 2 aromatic carbocycles. The first-order valence-corrected chi connectivity index (χ1v) is 17.9. The number of aliphatic hydroxyl groups is 1. The number of benzene rings is 2. The number of quaternary nitrogens is 1. The lowest BCUT2D eigenvalue weighted by atomic mass is 10.2. The van der Waals surface area contributed by atoms with Gasteiger partial charge in [0.15, 0.2) is 6.04 Å². The molecular formula is C31H41N8O10S2+. The second-order valence-corrected chi connectivity index (χ2v) is 15.3. The predicted molar refractivity (Wildman–Crippen MR) is 183 cm³/mol. The smallest absolute Gasteiger partial charge is 0.328 e. The van der Waals surface area contributed by atoms with Crippen molar-refractivity contribution in [2.75, 3.05) is 47.4 Å². The number of thiazole rings is 1. The van der Waals surface area contributed by atoms with Crippen molar-refractivity contribution in [1.29, 1.82) is 0 Å². The molecule has 51 heavy (non-hydrogen) atoms. The topological polar surface area (TPSA) is 247 Å². The molecule has 2 heterocycles. The fourth-order valence-electron chi connectivity index (χ4n) is 4.66. The van der Waals surface area contributed by atoms with Crippen molar-refractivity contribution in [2.24, 2.45) is 5.14 Å². The van der Waals surface area contributed by atoms with Crippen LogP contribution in [-0.4, -0.2) is 120 Å². The van der Waals surface area contributed by atoms with E-state index < -0.39 is 34.0 Å². The van der Waals surface area contributed by atoms with E-state index in [1.807, 2.05) is 21.1 Å². The molecule has 4 rings (SSSR count). The van der Waals surface area contributed by atoms with Crippen molar-refractivity contribution in [3.8, 4) is 11.5 Å². The van der Waals surface area contributed by atoms with Gasteiger partial charge in [-0.25, -0.2) is 28.0 Å². The Hall–Kier alpha value is -4.73. The number of nitrogens with one attached hydrogen (secondary N) is 2. The van der Waals surface area contributed by atoms with Crippen LogP contribution in [0.25, 0.3) is 10.2 Å². The Morgan fingerprint density at radius 1 is 1.06 bits per heavy atom. The molecule has 0 aliphatic heterocycles. The fourth-order valence-corrected chi connectivity index (χ4v) is 6.34. The summed E-state index contributed by atoms with van der Waals surface area (Å²) in [5.74, 6) is -1.24. The van der Waals surface area contributed by atoms with Gasteiger partial charge in [0.2, 0.25) is 16.2 Å². The molecule has 2 amide bonds. The van der Waals surface area contributed by atoms with Gasteiger partial charge in [0.25, 0.3) is 10.0 Å². The number of nitrogens with two attached hydrogens (primary N) is 1. The zero-order chi connectivity index (χ0) is 37.2. The van der Waals surface area contributed by atoms with Crippen LogP contribution in [0.5, 0.6) is 11.5 Å². The van der Waals surface area contributed by atoms with Gasteiger partial charge in [-0.05, 0) is 35.9 Å². The van der Waals surface area contributed by atoms with E-state index in [4.69, 9.17) is 19.3 Å². The molecule has 0 aliphatic rings. The van der Waals surface area contributed by atoms with Gasteiger partial charge in [0.1, 0.15) is 49.6 Å². The first-order chi connectivity index (χ1) is 24.0. The van der Waals surface area contributed by atoms with Crippen molar-refractivity contribution in [1.82, 2.24) is 30.6 Å². The van der Waals surface area contributed by atoms with Gasteiger partial charge in [-0.15, -0.1) is 16.4 Å². The van der Waals surface area contributed by atoms with Crippen LogP contribution in [0.1, 0.15) is 17.7 Å². The summed E-state index contributed by atoms with van der Waals surface area (Å²) >= 11 is 0.915. The molecule has 0 saturated heterocycles. The van der Waals surface area contributed by atoms with Crippen molar-refractivity contribution < 1.29 is 51.7 Å². The second kappa shape index (κ2) is 17.5. The Morgan fingerprint density at radius 2 is 1.82 bits per heavy atom. The van der Waals surface area contributed by atoms with Gasteiger partial charge in [-0.2, -0.15) is 0 Å². The maximum Gasteiger partial charge on any atom is 0.328 e. The van der Waals surface area contributed by atoms with E-state index in [0.29, 0.717) is 44.0 Å². The van der Waals surface area contributed by atoms with Crippen molar-refractivity contribution in [3.63, 3.8) is 0 Å². The SMILES string of the molecule is C[N+](C)(C)C[C@H](O)CC(=O)NCCOc1cccc(COCC(NC(=O)Cn2cc(COc3ccc4nc(S(N)(=O)=O)sc4c3)nn2)C(=O)O)c1. The normalized spacial score (nSPS) is 13.0. The zero-order valence-electron chi connectivity index (χ0n) is 28.2. The number of carboxylic acids is 1. The number of ether oxygens (including phenoxy) is 3. The maximum atomic E-state index is 12.6. The van der Waals surface area contributed by atoms with Gasteiger partial charge in [-0.3, -0.25) is 9.59 Å². The minimum absolute atomic E-state index is 0.00167. The first kappa shape index (κ1) is 39.1. The number of hydrogen-bond donors (Lipinski definition) is 5. The summed E-state index contributed by atoms with van der Waals surface area (Å²) in [5.41, 5.74) is 1.54. The van der Waals surface area contributed by atoms with Crippen LogP contribution >= 0.6 is 11.3 Å². The highest BCUT2D eigenvalue weighted by Crippen LogP contribution is 2.28. The summed E-state index contributed by atoms with van der Waals surface area (Å²) in [6.07, 6.45) is 0.725. The van der Waals surface area contributed by atoms with Gasteiger partial charge in [-0.1, -0.05) is 17.3 Å². The highest BCUT2D eigenvalue weighted by molar-refractivity contribution is 7.91. The fraction of sp³-hybridized carbons (Fsp3) is 0.419. The third-order valence-electron chi connectivity index (χ3n) is 6.82. The number of sulfonamides is 1. The number of aromatic nitrogens is 4. The number of nitrogens with zero attached hydrogens (tertiary/aromatic N) is 5. The number of aliphatic carboxylic acids is 1. The summed E-state index contributed by atoms with van der Waals surface area (Å²) < 4.78 is 42.2. The Kier molecular flexibility index (Phi) is 13.4. The molecule has 0 spiro atoms. The number of fused-ring (bicyclic) bond motifs is 1. The van der Waals surface area contributed by atoms with Crippen LogP contribution < -0.4 is 25.2 Å². The molecule has 2 aromatic heterocycles. The van der Waals surface area contributed by atoms with Crippen molar-refractivity contribution >= 4 is 49.4 Å². The van der Waals surface area contributed by atoms with E-state index in [2.05, 4.69) is 25.9 Å². The molecular weight excluding hydrogens is 709 g/mol. The number of carboxylic acid groups (broad SMARTS) is 1. The van der Waals surface area contributed by atoms with Crippen LogP contribution in [0.3, 0.4) is 0 Å². The van der Waals surface area contributed by atoms with Crippen LogP contribution in [0.15, 0.2) is 53.0 Å². The van der Waals surface area contributed by atoms with Crippen LogP contribution in [0, 0.1) is 0 Å². The number of amides is 2. The van der Waals surface area contributed by atoms with Gasteiger partial charge >= 0.3 is 5.97 Å². The molecule has 0 aliphatic carbocycles. The van der Waals surface area contributed by atoms with E-state index in [1.54, 1.807) is 42.5 Å². The van der Waals surface area contributed by atoms with Gasteiger partial charge in [0.05, 0.1) is 63.7 Å². The monoisotopic (exact) mass is 749 g/mol. The Bertz CT molecular complexity index is 1930. The number of carbonyl (C=O) groups excluding carboxylic acids is 2. The lowest BCUT2D eigenvalue weighted by molar-refractivity contribution is -0.873. The highest BCUT2D eigenvalue weighted by Gasteiger charge is 2.22. The Labute approximate surface area is 297 Å². The molecule has 276 valence electrons. The Morgan fingerprint density at radius 3 is 2.55 bits per heavy atom. The number of hydrogen-bond acceptors (Lipinski definition) is 13. The third-order valence-corrected chi connectivity index (χ3v) is 9.16. The molecule has 1 unspecified atom stereocenters.